The molecule has 0 fully saturated rings. The Bertz CT molecular complexity index is 649. The lowest BCUT2D eigenvalue weighted by Gasteiger charge is -2.12. The Morgan fingerprint density at radius 3 is 2.60 bits per heavy atom. The zero-order chi connectivity index (χ0) is 15.3. The molecule has 0 heterocycles. The third kappa shape index (κ3) is 3.91. The Kier molecular flexibility index (Phi) is 5.01. The molecule has 0 saturated heterocycles. The first-order chi connectivity index (χ1) is 9.27. The predicted molar refractivity (Wildman–Crippen MR) is 73.8 cm³/mol. The molecular formula is C11H14N4O4S. The number of rotatable bonds is 6. The monoisotopic (exact) mass is 298 g/mol. The van der Waals surface area contributed by atoms with E-state index in [2.05, 4.69) is 5.32 Å². The van der Waals surface area contributed by atoms with E-state index in [0.717, 1.165) is 4.31 Å². The number of anilines is 1. The van der Waals surface area contributed by atoms with Crippen molar-refractivity contribution >= 4 is 21.4 Å². The number of hydrogen-bond acceptors (Lipinski definition) is 6. The highest BCUT2D eigenvalue weighted by molar-refractivity contribution is 7.89. The normalized spacial score (nSPS) is 11.1. The molecule has 0 spiro atoms. The molecule has 0 aliphatic heterocycles. The predicted octanol–water partition coefficient (Wildman–Crippen LogP) is 0.770. The van der Waals surface area contributed by atoms with Crippen molar-refractivity contribution in [3.8, 4) is 6.07 Å². The Hall–Kier alpha value is -2.18. The first kappa shape index (κ1) is 15.9. The number of hydrogen-bond donors (Lipinski definition) is 1. The van der Waals surface area contributed by atoms with Crippen molar-refractivity contribution in [1.82, 2.24) is 4.31 Å². The number of nitriles is 1. The van der Waals surface area contributed by atoms with E-state index < -0.39 is 14.9 Å². The van der Waals surface area contributed by atoms with Crippen LogP contribution in [0.4, 0.5) is 11.4 Å². The fourth-order valence-corrected chi connectivity index (χ4v) is 2.12. The molecule has 0 saturated carbocycles. The molecule has 0 radical (unpaired) electrons. The highest BCUT2D eigenvalue weighted by Gasteiger charge is 2.15. The van der Waals surface area contributed by atoms with Crippen molar-refractivity contribution in [2.75, 3.05) is 31.7 Å². The summed E-state index contributed by atoms with van der Waals surface area (Å²) in [6, 6.07) is 5.75. The van der Waals surface area contributed by atoms with Crippen molar-refractivity contribution in [3.63, 3.8) is 0 Å². The third-order valence-corrected chi connectivity index (χ3v) is 4.39. The number of benzene rings is 1. The van der Waals surface area contributed by atoms with Crippen molar-refractivity contribution in [2.24, 2.45) is 0 Å². The van der Waals surface area contributed by atoms with E-state index in [1.165, 1.54) is 32.3 Å². The third-order valence-electron chi connectivity index (χ3n) is 2.56. The average Bonchev–Trinajstić information content (AvgIpc) is 2.38. The second-order valence-electron chi connectivity index (χ2n) is 4.13. The minimum atomic E-state index is -3.32. The van der Waals surface area contributed by atoms with Crippen LogP contribution in [0, 0.1) is 21.4 Å². The van der Waals surface area contributed by atoms with Gasteiger partial charge in [-0.2, -0.15) is 5.26 Å². The number of nitro benzene ring substituents is 1. The van der Waals surface area contributed by atoms with Crippen LogP contribution in [-0.2, 0) is 10.0 Å². The smallest absolute Gasteiger partial charge is 0.289 e. The van der Waals surface area contributed by atoms with Crippen molar-refractivity contribution in [1.29, 1.82) is 5.26 Å². The molecule has 0 atom stereocenters. The van der Waals surface area contributed by atoms with Crippen LogP contribution in [0.25, 0.3) is 0 Å². The second-order valence-corrected chi connectivity index (χ2v) is 6.43. The molecule has 8 nitrogen and oxygen atoms in total. The maximum absolute atomic E-state index is 11.5. The lowest BCUT2D eigenvalue weighted by Crippen LogP contribution is -2.28. The van der Waals surface area contributed by atoms with Gasteiger partial charge in [0, 0.05) is 32.4 Å². The maximum Gasteiger partial charge on any atom is 0.289 e. The Balaban J connectivity index is 2.78. The van der Waals surface area contributed by atoms with Gasteiger partial charge in [-0.1, -0.05) is 0 Å². The maximum atomic E-state index is 11.5. The summed E-state index contributed by atoms with van der Waals surface area (Å²) in [5.74, 6) is -0.131. The van der Waals surface area contributed by atoms with Gasteiger partial charge in [-0.15, -0.1) is 0 Å². The van der Waals surface area contributed by atoms with E-state index in [1.54, 1.807) is 6.07 Å². The summed E-state index contributed by atoms with van der Waals surface area (Å²) in [4.78, 5) is 10.1. The molecule has 0 amide bonds. The molecule has 1 aromatic rings. The lowest BCUT2D eigenvalue weighted by molar-refractivity contribution is -0.385. The van der Waals surface area contributed by atoms with Crippen LogP contribution in [0.5, 0.6) is 0 Å². The summed E-state index contributed by atoms with van der Waals surface area (Å²) in [5, 5.41) is 22.3. The molecule has 20 heavy (non-hydrogen) atoms. The van der Waals surface area contributed by atoms with Crippen LogP contribution in [0.15, 0.2) is 18.2 Å². The number of nitro groups is 1. The molecule has 9 heteroatoms. The first-order valence-corrected chi connectivity index (χ1v) is 7.21. The largest absolute Gasteiger partial charge is 0.384 e. The van der Waals surface area contributed by atoms with E-state index in [0.29, 0.717) is 5.69 Å². The van der Waals surface area contributed by atoms with E-state index in [1.807, 2.05) is 0 Å². The van der Waals surface area contributed by atoms with Gasteiger partial charge in [0.15, 0.2) is 0 Å². The van der Waals surface area contributed by atoms with Crippen LogP contribution >= 0.6 is 0 Å². The molecule has 0 aromatic heterocycles. The van der Waals surface area contributed by atoms with Gasteiger partial charge < -0.3 is 5.32 Å². The average molecular weight is 298 g/mol. The van der Waals surface area contributed by atoms with Crippen LogP contribution in [0.3, 0.4) is 0 Å². The Morgan fingerprint density at radius 1 is 1.45 bits per heavy atom. The zero-order valence-electron chi connectivity index (χ0n) is 11.0. The molecule has 1 rings (SSSR count). The van der Waals surface area contributed by atoms with Gasteiger partial charge in [-0.05, 0) is 12.1 Å². The van der Waals surface area contributed by atoms with E-state index >= 15 is 0 Å². The lowest BCUT2D eigenvalue weighted by atomic mass is 10.2. The topological polar surface area (TPSA) is 116 Å². The van der Waals surface area contributed by atoms with Crippen LogP contribution in [0.1, 0.15) is 5.56 Å². The van der Waals surface area contributed by atoms with Crippen molar-refractivity contribution < 1.29 is 13.3 Å². The summed E-state index contributed by atoms with van der Waals surface area (Å²) < 4.78 is 24.2. The molecule has 0 aliphatic carbocycles. The molecule has 0 bridgehead atoms. The molecule has 108 valence electrons. The molecule has 0 aliphatic rings. The van der Waals surface area contributed by atoms with Gasteiger partial charge in [-0.25, -0.2) is 12.7 Å². The molecule has 1 aromatic carbocycles. The van der Waals surface area contributed by atoms with Gasteiger partial charge in [0.2, 0.25) is 10.0 Å². The van der Waals surface area contributed by atoms with Crippen molar-refractivity contribution in [2.45, 2.75) is 0 Å². The summed E-state index contributed by atoms with van der Waals surface area (Å²) in [6.45, 7) is 0.115. The van der Waals surface area contributed by atoms with Gasteiger partial charge in [0.25, 0.3) is 5.69 Å². The molecule has 1 N–H and O–H groups in total. The summed E-state index contributed by atoms with van der Waals surface area (Å²) >= 11 is 0. The quantitative estimate of drug-likeness (QED) is 0.612. The van der Waals surface area contributed by atoms with Crippen molar-refractivity contribution in [3.05, 3.63) is 33.9 Å². The Labute approximate surface area is 116 Å². The SMILES string of the molecule is CN(C)S(=O)(=O)CCNc1ccc(C#N)c([N+](=O)[O-])c1. The van der Waals surface area contributed by atoms with E-state index in [4.69, 9.17) is 5.26 Å². The van der Waals surface area contributed by atoms with Gasteiger partial charge in [0.1, 0.15) is 11.6 Å². The minimum Gasteiger partial charge on any atom is -0.384 e. The van der Waals surface area contributed by atoms with Gasteiger partial charge in [0.05, 0.1) is 10.7 Å². The van der Waals surface area contributed by atoms with Crippen LogP contribution < -0.4 is 5.32 Å². The summed E-state index contributed by atoms with van der Waals surface area (Å²) in [5.41, 5.74) is 0.0408. The number of nitrogens with zero attached hydrogens (tertiary/aromatic N) is 3. The first-order valence-electron chi connectivity index (χ1n) is 5.60. The zero-order valence-corrected chi connectivity index (χ0v) is 11.8. The number of nitrogens with one attached hydrogen (secondary N) is 1. The minimum absolute atomic E-state index is 0.0403. The fraction of sp³-hybridized carbons (Fsp3) is 0.364. The standard InChI is InChI=1S/C11H14N4O4S/c1-14(2)20(18,19)6-5-13-10-4-3-9(8-12)11(7-10)15(16)17/h3-4,7,13H,5-6H2,1-2H3. The highest BCUT2D eigenvalue weighted by atomic mass is 32.2. The number of sulfonamides is 1. The van der Waals surface area contributed by atoms with E-state index in [9.17, 15) is 18.5 Å². The van der Waals surface area contributed by atoms with Gasteiger partial charge in [-0.3, -0.25) is 10.1 Å². The molecule has 0 unspecified atom stereocenters. The highest BCUT2D eigenvalue weighted by Crippen LogP contribution is 2.22. The Morgan fingerprint density at radius 2 is 2.10 bits per heavy atom. The van der Waals surface area contributed by atoms with Gasteiger partial charge >= 0.3 is 0 Å². The van der Waals surface area contributed by atoms with Crippen LogP contribution in [-0.4, -0.2) is 44.0 Å². The van der Waals surface area contributed by atoms with E-state index in [-0.39, 0.29) is 23.5 Å². The summed E-state index contributed by atoms with van der Waals surface area (Å²) in [7, 11) is -0.458. The fourth-order valence-electron chi connectivity index (χ4n) is 1.39. The molecular weight excluding hydrogens is 284 g/mol. The second kappa shape index (κ2) is 6.31. The van der Waals surface area contributed by atoms with Crippen LogP contribution in [0.2, 0.25) is 0 Å². The summed E-state index contributed by atoms with van der Waals surface area (Å²) in [6.07, 6.45) is 0.